The van der Waals surface area contributed by atoms with Gasteiger partial charge < -0.3 is 9.64 Å². The van der Waals surface area contributed by atoms with Gasteiger partial charge in [-0.1, -0.05) is 5.21 Å². The number of nitrogens with zero attached hydrogens (tertiary/aromatic N) is 7. The summed E-state index contributed by atoms with van der Waals surface area (Å²) in [6, 6.07) is 0. The van der Waals surface area contributed by atoms with E-state index in [1.807, 2.05) is 0 Å². The van der Waals surface area contributed by atoms with Gasteiger partial charge in [0.15, 0.2) is 5.69 Å². The Kier molecular flexibility index (Phi) is 4.31. The molecule has 0 bridgehead atoms. The van der Waals surface area contributed by atoms with Crippen LogP contribution in [0.2, 0.25) is 0 Å². The van der Waals surface area contributed by atoms with Crippen LogP contribution in [0.15, 0.2) is 9.62 Å². The molecule has 0 radical (unpaired) electrons. The van der Waals surface area contributed by atoms with Crippen LogP contribution < -0.4 is 0 Å². The summed E-state index contributed by atoms with van der Waals surface area (Å²) in [6.45, 7) is 5.63. The number of ether oxygens (including phenoxy) is 1. The molecule has 10 heteroatoms. The summed E-state index contributed by atoms with van der Waals surface area (Å²) in [5.74, 6) is 0.0242. The zero-order valence-corrected chi connectivity index (χ0v) is 13.0. The number of aromatic nitrogens is 5. The second-order valence-electron chi connectivity index (χ2n) is 5.05. The number of carbonyl (C=O) groups excluding carboxylic acids is 1. The van der Waals surface area contributed by atoms with Crippen molar-refractivity contribution < 1.29 is 14.2 Å². The predicted octanol–water partition coefficient (Wildman–Crippen LogP) is 0.891. The SMILES string of the molecule is CCOC(=O)c1nnn(-c2nonc2N=CN2CCCC2)c1C. The van der Waals surface area contributed by atoms with E-state index in [2.05, 4.69) is 30.5 Å². The number of esters is 1. The largest absolute Gasteiger partial charge is 0.461 e. The van der Waals surface area contributed by atoms with Gasteiger partial charge in [0.25, 0.3) is 0 Å². The van der Waals surface area contributed by atoms with Crippen LogP contribution in [0.1, 0.15) is 35.9 Å². The van der Waals surface area contributed by atoms with Crippen LogP contribution in [0.5, 0.6) is 0 Å². The highest BCUT2D eigenvalue weighted by Crippen LogP contribution is 2.20. The van der Waals surface area contributed by atoms with Crippen molar-refractivity contribution in [3.05, 3.63) is 11.4 Å². The third-order valence-electron chi connectivity index (χ3n) is 3.50. The molecule has 0 aromatic carbocycles. The van der Waals surface area contributed by atoms with Crippen molar-refractivity contribution in [1.29, 1.82) is 0 Å². The minimum Gasteiger partial charge on any atom is -0.461 e. The van der Waals surface area contributed by atoms with E-state index in [0.717, 1.165) is 25.9 Å². The molecule has 3 heterocycles. The van der Waals surface area contributed by atoms with Crippen LogP contribution in [-0.4, -0.2) is 62.2 Å². The summed E-state index contributed by atoms with van der Waals surface area (Å²) < 4.78 is 11.0. The number of likely N-dealkylation sites (tertiary alicyclic amines) is 1. The number of rotatable bonds is 5. The van der Waals surface area contributed by atoms with Crippen LogP contribution in [0, 0.1) is 6.92 Å². The Balaban J connectivity index is 1.85. The molecular weight excluding hydrogens is 302 g/mol. The van der Waals surface area contributed by atoms with Crippen molar-refractivity contribution >= 4 is 18.1 Å². The number of aliphatic imine (C=N–C) groups is 1. The molecule has 0 aliphatic carbocycles. The number of hydrogen-bond donors (Lipinski definition) is 0. The molecule has 0 amide bonds. The van der Waals surface area contributed by atoms with E-state index in [0.29, 0.717) is 5.69 Å². The van der Waals surface area contributed by atoms with Gasteiger partial charge >= 0.3 is 5.97 Å². The monoisotopic (exact) mass is 319 g/mol. The van der Waals surface area contributed by atoms with E-state index in [1.165, 1.54) is 4.68 Å². The van der Waals surface area contributed by atoms with Crippen molar-refractivity contribution in [3.63, 3.8) is 0 Å². The van der Waals surface area contributed by atoms with Gasteiger partial charge in [-0.15, -0.1) is 5.10 Å². The van der Waals surface area contributed by atoms with E-state index >= 15 is 0 Å². The lowest BCUT2D eigenvalue weighted by Crippen LogP contribution is -2.16. The van der Waals surface area contributed by atoms with Gasteiger partial charge in [0.1, 0.15) is 0 Å². The molecule has 1 fully saturated rings. The van der Waals surface area contributed by atoms with Gasteiger partial charge in [-0.05, 0) is 37.0 Å². The fourth-order valence-electron chi connectivity index (χ4n) is 2.31. The Morgan fingerprint density at radius 1 is 1.39 bits per heavy atom. The normalized spacial score (nSPS) is 14.8. The molecule has 0 spiro atoms. The van der Waals surface area contributed by atoms with E-state index in [1.54, 1.807) is 20.2 Å². The van der Waals surface area contributed by atoms with E-state index in [4.69, 9.17) is 9.37 Å². The maximum atomic E-state index is 11.8. The zero-order chi connectivity index (χ0) is 16.2. The molecule has 122 valence electrons. The van der Waals surface area contributed by atoms with Gasteiger partial charge in [-0.25, -0.2) is 14.4 Å². The average molecular weight is 319 g/mol. The van der Waals surface area contributed by atoms with Crippen LogP contribution >= 0.6 is 0 Å². The second-order valence-corrected chi connectivity index (χ2v) is 5.05. The first-order valence-electron chi connectivity index (χ1n) is 7.41. The average Bonchev–Trinajstić information content (AvgIpc) is 3.25. The van der Waals surface area contributed by atoms with E-state index < -0.39 is 5.97 Å². The summed E-state index contributed by atoms with van der Waals surface area (Å²) >= 11 is 0. The minimum atomic E-state index is -0.533. The lowest BCUT2D eigenvalue weighted by atomic mass is 10.3. The van der Waals surface area contributed by atoms with Crippen LogP contribution in [0.25, 0.3) is 5.82 Å². The molecule has 2 aromatic heterocycles. The molecule has 23 heavy (non-hydrogen) atoms. The Labute approximate surface area is 132 Å². The predicted molar refractivity (Wildman–Crippen MR) is 78.9 cm³/mol. The van der Waals surface area contributed by atoms with Crippen molar-refractivity contribution in [2.45, 2.75) is 26.7 Å². The summed E-state index contributed by atoms with van der Waals surface area (Å²) in [7, 11) is 0. The van der Waals surface area contributed by atoms with Crippen molar-refractivity contribution in [3.8, 4) is 5.82 Å². The molecule has 1 aliphatic heterocycles. The first kappa shape index (κ1) is 15.1. The first-order valence-corrected chi connectivity index (χ1v) is 7.41. The lowest BCUT2D eigenvalue weighted by Gasteiger charge is -2.08. The maximum absolute atomic E-state index is 11.8. The molecule has 1 saturated heterocycles. The van der Waals surface area contributed by atoms with Gasteiger partial charge in [0.05, 0.1) is 18.6 Å². The molecule has 0 N–H and O–H groups in total. The Hall–Kier alpha value is -2.78. The second kappa shape index (κ2) is 6.55. The Morgan fingerprint density at radius 2 is 2.17 bits per heavy atom. The van der Waals surface area contributed by atoms with Gasteiger partial charge in [-0.2, -0.15) is 4.68 Å². The van der Waals surface area contributed by atoms with Gasteiger partial charge in [0.2, 0.25) is 11.6 Å². The fraction of sp³-hybridized carbons (Fsp3) is 0.538. The third kappa shape index (κ3) is 3.05. The maximum Gasteiger partial charge on any atom is 0.360 e. The molecule has 3 rings (SSSR count). The van der Waals surface area contributed by atoms with Crippen molar-refractivity contribution in [1.82, 2.24) is 30.2 Å². The molecule has 0 saturated carbocycles. The first-order chi connectivity index (χ1) is 11.2. The van der Waals surface area contributed by atoms with Crippen molar-refractivity contribution in [2.75, 3.05) is 19.7 Å². The molecule has 0 atom stereocenters. The van der Waals surface area contributed by atoms with Crippen LogP contribution in [-0.2, 0) is 4.74 Å². The minimum absolute atomic E-state index is 0.129. The smallest absolute Gasteiger partial charge is 0.360 e. The molecular formula is C13H17N7O3. The van der Waals surface area contributed by atoms with Crippen molar-refractivity contribution in [2.24, 2.45) is 4.99 Å². The Bertz CT molecular complexity index is 715. The molecule has 1 aliphatic rings. The standard InChI is InChI=1S/C13H17N7O3/c1-3-22-13(21)10-9(2)20(18-15-10)12-11(16-23-17-12)14-8-19-6-4-5-7-19/h8H,3-7H2,1-2H3. The van der Waals surface area contributed by atoms with E-state index in [9.17, 15) is 4.79 Å². The quantitative estimate of drug-likeness (QED) is 0.454. The molecule has 0 unspecified atom stereocenters. The van der Waals surface area contributed by atoms with Crippen LogP contribution in [0.3, 0.4) is 0 Å². The topological polar surface area (TPSA) is 112 Å². The van der Waals surface area contributed by atoms with Gasteiger partial charge in [0, 0.05) is 13.1 Å². The molecule has 10 nitrogen and oxygen atoms in total. The highest BCUT2D eigenvalue weighted by molar-refractivity contribution is 5.88. The number of hydrogen-bond acceptors (Lipinski definition) is 8. The summed E-state index contributed by atoms with van der Waals surface area (Å²) in [6.07, 6.45) is 4.02. The fourth-order valence-corrected chi connectivity index (χ4v) is 2.31. The third-order valence-corrected chi connectivity index (χ3v) is 3.50. The Morgan fingerprint density at radius 3 is 2.91 bits per heavy atom. The van der Waals surface area contributed by atoms with E-state index in [-0.39, 0.29) is 23.9 Å². The highest BCUT2D eigenvalue weighted by atomic mass is 16.6. The van der Waals surface area contributed by atoms with Gasteiger partial charge in [-0.3, -0.25) is 0 Å². The summed E-state index contributed by atoms with van der Waals surface area (Å²) in [5, 5.41) is 15.3. The zero-order valence-electron chi connectivity index (χ0n) is 13.0. The number of carbonyl (C=O) groups is 1. The molecule has 2 aromatic rings. The highest BCUT2D eigenvalue weighted by Gasteiger charge is 2.22. The summed E-state index contributed by atoms with van der Waals surface area (Å²) in [5.41, 5.74) is 0.612. The summed E-state index contributed by atoms with van der Waals surface area (Å²) in [4.78, 5) is 18.2. The lowest BCUT2D eigenvalue weighted by molar-refractivity contribution is 0.0518. The van der Waals surface area contributed by atoms with Crippen LogP contribution in [0.4, 0.5) is 5.82 Å².